The van der Waals surface area contributed by atoms with Gasteiger partial charge < -0.3 is 13.3 Å². The lowest BCUT2D eigenvalue weighted by Crippen LogP contribution is -1.96. The lowest BCUT2D eigenvalue weighted by molar-refractivity contribution is 0.669. The summed E-state index contributed by atoms with van der Waals surface area (Å²) in [6, 6.07) is 154. The number of aromatic nitrogens is 6. The van der Waals surface area contributed by atoms with Gasteiger partial charge in [-0.15, -0.1) is 0 Å². The number of furan rings is 3. The van der Waals surface area contributed by atoms with Gasteiger partial charge in [0.1, 0.15) is 33.5 Å². The van der Waals surface area contributed by atoms with Gasteiger partial charge >= 0.3 is 0 Å². The lowest BCUT2D eigenvalue weighted by atomic mass is 9.91. The molecule has 24 aromatic carbocycles. The van der Waals surface area contributed by atoms with Gasteiger partial charge in [-0.05, 0) is 187 Å². The summed E-state index contributed by atoms with van der Waals surface area (Å²) in [7, 11) is 0. The maximum absolute atomic E-state index is 6.53. The molecule has 6 heterocycles. The molecule has 135 heavy (non-hydrogen) atoms. The van der Waals surface area contributed by atoms with Crippen LogP contribution in [-0.4, -0.2) is 29.9 Å². The molecule has 0 saturated heterocycles. The second kappa shape index (κ2) is 30.2. The van der Waals surface area contributed by atoms with Crippen LogP contribution in [0.1, 0.15) is 0 Å². The molecule has 0 aliphatic rings. The molecular weight excluding hydrogens is 1650 g/mol. The summed E-state index contributed by atoms with van der Waals surface area (Å²) in [5.41, 5.74) is 17.4. The van der Waals surface area contributed by atoms with Gasteiger partial charge in [-0.25, -0.2) is 29.9 Å². The van der Waals surface area contributed by atoms with Gasteiger partial charge in [-0.2, -0.15) is 0 Å². The minimum atomic E-state index is 0.718. The number of para-hydroxylation sites is 3. The van der Waals surface area contributed by atoms with Crippen LogP contribution in [-0.2, 0) is 0 Å². The van der Waals surface area contributed by atoms with Gasteiger partial charge in [0.15, 0.2) is 17.5 Å². The van der Waals surface area contributed by atoms with E-state index >= 15 is 0 Å². The molecule has 0 aliphatic carbocycles. The SMILES string of the molecule is c1ccc(-c2nc(-c3ccc4c(c3)c3ccccc3c3c4ccc4c5ccccc5oc43)nc3c2ccc2ccccc23)cc1.c1ccc(-c2nc(-c3ccc4c(c3)c3ccccc3c3cc5oc6ccccc6c5cc43)nc3c2ccc2ccccc23)cc1.c1ccc(-c2nc(-c3ccc4c(c3)c3ccccc3c3ccc5oc6ccccc6c5c34)nc3c2ccc2ccccc23)cc1. The molecule has 0 spiro atoms. The van der Waals surface area contributed by atoms with Crippen LogP contribution < -0.4 is 0 Å². The van der Waals surface area contributed by atoms with Crippen LogP contribution in [0, 0.1) is 0 Å². The monoisotopic (exact) mass is 1720 g/mol. The first-order valence-corrected chi connectivity index (χ1v) is 45.8. The van der Waals surface area contributed by atoms with Gasteiger partial charge in [-0.3, -0.25) is 0 Å². The molecule has 0 radical (unpaired) electrons. The van der Waals surface area contributed by atoms with Crippen LogP contribution in [0.15, 0.2) is 450 Å². The van der Waals surface area contributed by atoms with E-state index < -0.39 is 0 Å². The Morgan fingerprint density at radius 2 is 0.422 bits per heavy atom. The van der Waals surface area contributed by atoms with E-state index in [4.69, 9.17) is 43.2 Å². The molecule has 0 fully saturated rings. The van der Waals surface area contributed by atoms with Gasteiger partial charge in [0.05, 0.1) is 33.6 Å². The zero-order chi connectivity index (χ0) is 88.5. The molecule has 9 heteroatoms. The molecule has 0 saturated carbocycles. The Morgan fingerprint density at radius 1 is 0.133 bits per heavy atom. The van der Waals surface area contributed by atoms with Gasteiger partial charge in [0.2, 0.25) is 0 Å². The fourth-order valence-corrected chi connectivity index (χ4v) is 21.5. The standard InChI is InChI=1S/3C42H24N2O/c1-2-11-26(12-3-1)39-35-21-18-25-10-4-5-13-28(25)40(35)44-42(43-39)27-19-20-30-33-22-23-34-31-15-8-9-17-37(31)45-41(34)38(33)32-16-7-6-14-29(32)36(30)24-27;1-2-11-26(12-3-1)40-33-21-18-25-10-4-5-13-28(25)41(33)44-42(43-40)27-19-20-31-34(22-27)29-14-6-7-15-30(29)36-24-39-37(23-35(31)36)32-16-8-9-17-38(32)45-39;1-2-11-26(12-3-1)40-34-21-18-25-10-4-5-13-28(25)41(34)44-42(43-40)27-19-20-32-35(24-27)30-15-7-6-14-29(30)31-22-23-37-39(38(31)32)33-16-8-9-17-36(33)45-37/h3*1-24H. The lowest BCUT2D eigenvalue weighted by Gasteiger charge is -2.14. The second-order valence-corrected chi connectivity index (χ2v) is 35.2. The Labute approximate surface area is 770 Å². The first-order valence-electron chi connectivity index (χ1n) is 45.8. The van der Waals surface area contributed by atoms with Crippen molar-refractivity contribution in [1.82, 2.24) is 29.9 Å². The van der Waals surface area contributed by atoms with Gasteiger partial charge in [0, 0.05) is 109 Å². The summed E-state index contributed by atoms with van der Waals surface area (Å²) in [5.74, 6) is 2.16. The third kappa shape index (κ3) is 12.1. The summed E-state index contributed by atoms with van der Waals surface area (Å²) in [5, 5.41) is 38.4. The highest BCUT2D eigenvalue weighted by Gasteiger charge is 2.25. The van der Waals surface area contributed by atoms with Crippen LogP contribution in [0.2, 0.25) is 0 Å². The Kier molecular flexibility index (Phi) is 17.0. The Bertz CT molecular complexity index is 10300. The molecule has 0 atom stereocenters. The van der Waals surface area contributed by atoms with Crippen LogP contribution in [0.5, 0.6) is 0 Å². The van der Waals surface area contributed by atoms with E-state index in [1.54, 1.807) is 0 Å². The van der Waals surface area contributed by atoms with Crippen LogP contribution in [0.3, 0.4) is 0 Å². The fraction of sp³-hybridized carbons (Fsp3) is 0. The molecular formula is C126H72N6O3. The highest BCUT2D eigenvalue weighted by molar-refractivity contribution is 6.36. The second-order valence-electron chi connectivity index (χ2n) is 35.2. The highest BCUT2D eigenvalue weighted by Crippen LogP contribution is 2.49. The van der Waals surface area contributed by atoms with Crippen LogP contribution >= 0.6 is 0 Å². The van der Waals surface area contributed by atoms with Crippen molar-refractivity contribution in [3.05, 3.63) is 437 Å². The number of benzene rings is 24. The summed E-state index contributed by atoms with van der Waals surface area (Å²) >= 11 is 0. The minimum absolute atomic E-state index is 0.718. The Morgan fingerprint density at radius 3 is 0.904 bits per heavy atom. The topological polar surface area (TPSA) is 117 Å². The first kappa shape index (κ1) is 75.8. The van der Waals surface area contributed by atoms with Crippen molar-refractivity contribution in [3.8, 4) is 67.9 Å². The van der Waals surface area contributed by atoms with E-state index in [1.165, 1.54) is 108 Å². The van der Waals surface area contributed by atoms with Crippen molar-refractivity contribution in [3.63, 3.8) is 0 Å². The molecule has 0 unspecified atom stereocenters. The Hall–Kier alpha value is -18.2. The van der Waals surface area contributed by atoms with E-state index in [0.717, 1.165) is 188 Å². The van der Waals surface area contributed by atoms with Crippen molar-refractivity contribution >= 4 is 228 Å². The smallest absolute Gasteiger partial charge is 0.160 e. The highest BCUT2D eigenvalue weighted by atomic mass is 16.3. The number of nitrogens with zero attached hydrogens (tertiary/aromatic N) is 6. The average molecular weight is 1720 g/mol. The van der Waals surface area contributed by atoms with Crippen molar-refractivity contribution in [2.45, 2.75) is 0 Å². The quantitative estimate of drug-likeness (QED) is 0.150. The van der Waals surface area contributed by atoms with E-state index in [-0.39, 0.29) is 0 Å². The largest absolute Gasteiger partial charge is 0.456 e. The zero-order valence-corrected chi connectivity index (χ0v) is 72.5. The maximum atomic E-state index is 6.53. The predicted octanol–water partition coefficient (Wildman–Crippen LogP) is 34.4. The summed E-state index contributed by atoms with van der Waals surface area (Å²) in [6.07, 6.45) is 0. The maximum Gasteiger partial charge on any atom is 0.160 e. The third-order valence-electron chi connectivity index (χ3n) is 27.7. The summed E-state index contributed by atoms with van der Waals surface area (Å²) in [6.45, 7) is 0. The van der Waals surface area contributed by atoms with Crippen molar-refractivity contribution in [1.29, 1.82) is 0 Å². The zero-order valence-electron chi connectivity index (χ0n) is 72.5. The molecule has 30 rings (SSSR count). The molecule has 0 amide bonds. The van der Waals surface area contributed by atoms with E-state index in [0.29, 0.717) is 0 Å². The van der Waals surface area contributed by atoms with E-state index in [2.05, 4.69) is 382 Å². The van der Waals surface area contributed by atoms with Crippen molar-refractivity contribution in [2.75, 3.05) is 0 Å². The number of hydrogen-bond donors (Lipinski definition) is 0. The van der Waals surface area contributed by atoms with Gasteiger partial charge in [0.25, 0.3) is 0 Å². The average Bonchev–Trinajstić information content (AvgIpc) is 1.68. The molecule has 624 valence electrons. The molecule has 6 aromatic heterocycles. The van der Waals surface area contributed by atoms with Crippen molar-refractivity contribution in [2.24, 2.45) is 0 Å². The van der Waals surface area contributed by atoms with Crippen molar-refractivity contribution < 1.29 is 13.3 Å². The number of rotatable bonds is 6. The molecule has 9 nitrogen and oxygen atoms in total. The minimum Gasteiger partial charge on any atom is -0.456 e. The molecule has 0 N–H and O–H groups in total. The van der Waals surface area contributed by atoms with Crippen LogP contribution in [0.4, 0.5) is 0 Å². The number of hydrogen-bond acceptors (Lipinski definition) is 9. The Balaban J connectivity index is 0.000000101. The normalized spacial score (nSPS) is 12.0. The third-order valence-corrected chi connectivity index (χ3v) is 27.7. The van der Waals surface area contributed by atoms with Crippen LogP contribution in [0.25, 0.3) is 296 Å². The van der Waals surface area contributed by atoms with E-state index in [1.807, 2.05) is 54.6 Å². The predicted molar refractivity (Wildman–Crippen MR) is 563 cm³/mol. The van der Waals surface area contributed by atoms with Gasteiger partial charge in [-0.1, -0.05) is 352 Å². The summed E-state index contributed by atoms with van der Waals surface area (Å²) < 4.78 is 19.1. The molecule has 0 bridgehead atoms. The fourth-order valence-electron chi connectivity index (χ4n) is 21.5. The molecule has 30 aromatic rings. The summed E-state index contributed by atoms with van der Waals surface area (Å²) in [4.78, 5) is 31.5. The van der Waals surface area contributed by atoms with E-state index in [9.17, 15) is 0 Å². The molecule has 0 aliphatic heterocycles. The number of fused-ring (bicyclic) bond motifs is 38. The first-order chi connectivity index (χ1) is 66.9.